The number of halogens is 3. The lowest BCUT2D eigenvalue weighted by atomic mass is 10.1. The fourth-order valence-electron chi connectivity index (χ4n) is 2.26. The molecule has 0 heterocycles. The summed E-state index contributed by atoms with van der Waals surface area (Å²) in [6, 6.07) is 15.9. The van der Waals surface area contributed by atoms with Gasteiger partial charge in [0.2, 0.25) is 0 Å². The molecule has 1 N–H and O–H groups in total. The Labute approximate surface area is 129 Å². The number of fused-ring (bicyclic) bond motifs is 1. The van der Waals surface area contributed by atoms with Crippen LogP contribution in [-0.4, -0.2) is 0 Å². The van der Waals surface area contributed by atoms with E-state index in [-0.39, 0.29) is 0 Å². The summed E-state index contributed by atoms with van der Waals surface area (Å²) in [5.41, 5.74) is 1.65. The first-order valence-electron chi connectivity index (χ1n) is 6.50. The third-order valence-electron chi connectivity index (χ3n) is 3.34. The summed E-state index contributed by atoms with van der Waals surface area (Å²) in [4.78, 5) is 0. The van der Waals surface area contributed by atoms with Crippen molar-refractivity contribution >= 4 is 32.4 Å². The summed E-state index contributed by atoms with van der Waals surface area (Å²) < 4.78 is 27.1. The molecule has 0 fully saturated rings. The smallest absolute Gasteiger partial charge is 0.159 e. The molecule has 106 valence electrons. The lowest BCUT2D eigenvalue weighted by Crippen LogP contribution is -2.01. The number of rotatable bonds is 3. The fraction of sp³-hybridized carbons (Fsp3) is 0.0588. The molecule has 0 spiro atoms. The predicted molar refractivity (Wildman–Crippen MR) is 85.3 cm³/mol. The normalized spacial score (nSPS) is 10.8. The van der Waals surface area contributed by atoms with Gasteiger partial charge < -0.3 is 5.32 Å². The summed E-state index contributed by atoms with van der Waals surface area (Å²) in [6.45, 7) is 0.433. The van der Waals surface area contributed by atoms with E-state index in [0.29, 0.717) is 12.1 Å². The topological polar surface area (TPSA) is 12.0 Å². The molecule has 0 aromatic heterocycles. The van der Waals surface area contributed by atoms with E-state index >= 15 is 0 Å². The van der Waals surface area contributed by atoms with Gasteiger partial charge in [0.05, 0.1) is 0 Å². The van der Waals surface area contributed by atoms with E-state index in [9.17, 15) is 8.78 Å². The highest BCUT2D eigenvalue weighted by molar-refractivity contribution is 9.10. The lowest BCUT2D eigenvalue weighted by Gasteiger charge is -2.11. The van der Waals surface area contributed by atoms with E-state index in [4.69, 9.17) is 0 Å². The summed E-state index contributed by atoms with van der Waals surface area (Å²) in [5, 5.41) is 5.45. The molecule has 1 nitrogen and oxygen atoms in total. The summed E-state index contributed by atoms with van der Waals surface area (Å²) in [6.07, 6.45) is 0. The van der Waals surface area contributed by atoms with Gasteiger partial charge in [-0.2, -0.15) is 0 Å². The van der Waals surface area contributed by atoms with Crippen molar-refractivity contribution in [1.82, 2.24) is 0 Å². The standard InChI is InChI=1S/C17H12BrF2N/c18-14-6-8-17(13-4-2-1-3-12(13)14)21-10-11-5-7-15(19)16(20)9-11/h1-9,21H,10H2. The van der Waals surface area contributed by atoms with Gasteiger partial charge in [-0.3, -0.25) is 0 Å². The molecule has 3 aromatic rings. The van der Waals surface area contributed by atoms with Crippen LogP contribution in [0.1, 0.15) is 5.56 Å². The Morgan fingerprint density at radius 3 is 2.38 bits per heavy atom. The van der Waals surface area contributed by atoms with E-state index in [2.05, 4.69) is 21.2 Å². The molecule has 0 atom stereocenters. The maximum Gasteiger partial charge on any atom is 0.159 e. The van der Waals surface area contributed by atoms with Crippen molar-refractivity contribution in [1.29, 1.82) is 0 Å². The van der Waals surface area contributed by atoms with Crippen LogP contribution in [0.2, 0.25) is 0 Å². The second kappa shape index (κ2) is 5.82. The highest BCUT2D eigenvalue weighted by Gasteiger charge is 2.05. The van der Waals surface area contributed by atoms with E-state index < -0.39 is 11.6 Å². The number of nitrogens with one attached hydrogen (secondary N) is 1. The van der Waals surface area contributed by atoms with Crippen molar-refractivity contribution in [2.75, 3.05) is 5.32 Å². The molecular formula is C17H12BrF2N. The second-order valence-electron chi connectivity index (χ2n) is 4.74. The van der Waals surface area contributed by atoms with Gasteiger partial charge in [-0.05, 0) is 35.2 Å². The van der Waals surface area contributed by atoms with Crippen molar-refractivity contribution in [2.24, 2.45) is 0 Å². The summed E-state index contributed by atoms with van der Waals surface area (Å²) >= 11 is 3.53. The lowest BCUT2D eigenvalue weighted by molar-refractivity contribution is 0.507. The zero-order valence-corrected chi connectivity index (χ0v) is 12.6. The van der Waals surface area contributed by atoms with Gasteiger partial charge in [0, 0.05) is 22.1 Å². The van der Waals surface area contributed by atoms with Crippen molar-refractivity contribution in [3.8, 4) is 0 Å². The van der Waals surface area contributed by atoms with Crippen LogP contribution >= 0.6 is 15.9 Å². The van der Waals surface area contributed by atoms with Crippen LogP contribution in [0.25, 0.3) is 10.8 Å². The molecule has 4 heteroatoms. The third kappa shape index (κ3) is 2.90. The Balaban J connectivity index is 1.88. The van der Waals surface area contributed by atoms with Crippen LogP contribution in [0.5, 0.6) is 0 Å². The van der Waals surface area contributed by atoms with Crippen molar-refractivity contribution in [3.63, 3.8) is 0 Å². The number of benzene rings is 3. The minimum Gasteiger partial charge on any atom is -0.380 e. The Morgan fingerprint density at radius 1 is 0.857 bits per heavy atom. The van der Waals surface area contributed by atoms with Gasteiger partial charge >= 0.3 is 0 Å². The first-order chi connectivity index (χ1) is 10.1. The van der Waals surface area contributed by atoms with Crippen LogP contribution in [0.15, 0.2) is 59.1 Å². The van der Waals surface area contributed by atoms with Crippen LogP contribution in [0, 0.1) is 11.6 Å². The van der Waals surface area contributed by atoms with Crippen molar-refractivity contribution < 1.29 is 8.78 Å². The molecule has 3 rings (SSSR count). The molecule has 0 bridgehead atoms. The van der Waals surface area contributed by atoms with Crippen LogP contribution in [0.4, 0.5) is 14.5 Å². The highest BCUT2D eigenvalue weighted by atomic mass is 79.9. The zero-order chi connectivity index (χ0) is 14.8. The largest absolute Gasteiger partial charge is 0.380 e. The fourth-order valence-corrected chi connectivity index (χ4v) is 2.74. The van der Waals surface area contributed by atoms with E-state index in [0.717, 1.165) is 27.0 Å². The maximum absolute atomic E-state index is 13.2. The molecule has 0 aliphatic carbocycles. The SMILES string of the molecule is Fc1ccc(CNc2ccc(Br)c3ccccc23)cc1F. The molecule has 0 unspecified atom stereocenters. The predicted octanol–water partition coefficient (Wildman–Crippen LogP) is 5.49. The molecule has 0 saturated carbocycles. The van der Waals surface area contributed by atoms with Crippen molar-refractivity contribution in [3.05, 3.63) is 76.3 Å². The average Bonchev–Trinajstić information content (AvgIpc) is 2.50. The highest BCUT2D eigenvalue weighted by Crippen LogP contribution is 2.30. The minimum absolute atomic E-state index is 0.433. The first-order valence-corrected chi connectivity index (χ1v) is 7.29. The molecule has 0 radical (unpaired) electrons. The Hall–Kier alpha value is -1.94. The Bertz CT molecular complexity index is 802. The number of anilines is 1. The van der Waals surface area contributed by atoms with E-state index in [1.54, 1.807) is 6.07 Å². The maximum atomic E-state index is 13.2. The summed E-state index contributed by atoms with van der Waals surface area (Å²) in [5.74, 6) is -1.65. The van der Waals surface area contributed by atoms with Gasteiger partial charge in [0.25, 0.3) is 0 Å². The minimum atomic E-state index is -0.826. The first kappa shape index (κ1) is 14.0. The van der Waals surface area contributed by atoms with E-state index in [1.807, 2.05) is 36.4 Å². The van der Waals surface area contributed by atoms with Gasteiger partial charge in [0.15, 0.2) is 11.6 Å². The van der Waals surface area contributed by atoms with Gasteiger partial charge in [0.1, 0.15) is 0 Å². The summed E-state index contributed by atoms with van der Waals surface area (Å²) in [7, 11) is 0. The Morgan fingerprint density at radius 2 is 1.62 bits per heavy atom. The van der Waals surface area contributed by atoms with Crippen LogP contribution in [-0.2, 0) is 6.54 Å². The van der Waals surface area contributed by atoms with Gasteiger partial charge in [-0.15, -0.1) is 0 Å². The molecule has 0 saturated heterocycles. The average molecular weight is 348 g/mol. The molecular weight excluding hydrogens is 336 g/mol. The third-order valence-corrected chi connectivity index (χ3v) is 4.03. The molecule has 3 aromatic carbocycles. The van der Waals surface area contributed by atoms with E-state index in [1.165, 1.54) is 6.07 Å². The number of hydrogen-bond donors (Lipinski definition) is 1. The van der Waals surface area contributed by atoms with Gasteiger partial charge in [-0.25, -0.2) is 8.78 Å². The van der Waals surface area contributed by atoms with Gasteiger partial charge in [-0.1, -0.05) is 46.3 Å². The molecule has 0 aliphatic rings. The van der Waals surface area contributed by atoms with Crippen LogP contribution < -0.4 is 5.32 Å². The molecule has 0 aliphatic heterocycles. The Kier molecular flexibility index (Phi) is 3.88. The number of hydrogen-bond acceptors (Lipinski definition) is 1. The second-order valence-corrected chi connectivity index (χ2v) is 5.60. The molecule has 0 amide bonds. The zero-order valence-electron chi connectivity index (χ0n) is 11.0. The quantitative estimate of drug-likeness (QED) is 0.660. The molecule has 21 heavy (non-hydrogen) atoms. The van der Waals surface area contributed by atoms with Crippen LogP contribution in [0.3, 0.4) is 0 Å². The van der Waals surface area contributed by atoms with Crippen molar-refractivity contribution in [2.45, 2.75) is 6.54 Å². The monoisotopic (exact) mass is 347 g/mol.